The Morgan fingerprint density at radius 3 is 2.50 bits per heavy atom. The van der Waals surface area contributed by atoms with Gasteiger partial charge in [0.05, 0.1) is 12.7 Å². The van der Waals surface area contributed by atoms with E-state index in [4.69, 9.17) is 0 Å². The molecule has 1 rings (SSSR count). The lowest BCUT2D eigenvalue weighted by Crippen LogP contribution is -2.12. The Morgan fingerprint density at radius 1 is 1.44 bits per heavy atom. The van der Waals surface area contributed by atoms with E-state index < -0.39 is 23.2 Å². The summed E-state index contributed by atoms with van der Waals surface area (Å²) in [4.78, 5) is 9.40. The summed E-state index contributed by atoms with van der Waals surface area (Å²) < 4.78 is 42.3. The molecule has 1 aromatic rings. The maximum atomic E-state index is 12.5. The summed E-state index contributed by atoms with van der Waals surface area (Å²) in [6, 6.07) is 3.05. The van der Waals surface area contributed by atoms with Crippen molar-refractivity contribution in [1.29, 1.82) is 0 Å². The normalized spacial score (nSPS) is 11.2. The Kier molecular flexibility index (Phi) is 3.36. The molecule has 4 nitrogen and oxygen atoms in total. The molecule has 0 amide bonds. The molecule has 88 valence electrons. The molecule has 0 bridgehead atoms. The van der Waals surface area contributed by atoms with E-state index in [1.807, 2.05) is 0 Å². The van der Waals surface area contributed by atoms with Crippen LogP contribution >= 0.6 is 0 Å². The van der Waals surface area contributed by atoms with Gasteiger partial charge in [-0.3, -0.25) is 10.1 Å². The minimum absolute atomic E-state index is 0.0134. The van der Waals surface area contributed by atoms with Crippen molar-refractivity contribution in [3.63, 3.8) is 0 Å². The summed E-state index contributed by atoms with van der Waals surface area (Å²) in [7, 11) is 1.22. The van der Waals surface area contributed by atoms with E-state index in [1.54, 1.807) is 0 Å². The van der Waals surface area contributed by atoms with Crippen LogP contribution in [0.15, 0.2) is 18.2 Å². The standard InChI is InChI=1S/C9H8F3NO3/c1-16-7-3-2-6(5-13(14)15)8(4-7)9(10,11)12/h2-4H,5H2,1H3. The van der Waals surface area contributed by atoms with E-state index in [2.05, 4.69) is 4.74 Å². The van der Waals surface area contributed by atoms with E-state index in [9.17, 15) is 23.3 Å². The highest BCUT2D eigenvalue weighted by Crippen LogP contribution is 2.34. The van der Waals surface area contributed by atoms with Gasteiger partial charge in [0.25, 0.3) is 0 Å². The van der Waals surface area contributed by atoms with Gasteiger partial charge in [0, 0.05) is 10.5 Å². The molecule has 0 aromatic heterocycles. The van der Waals surface area contributed by atoms with Crippen molar-refractivity contribution < 1.29 is 22.8 Å². The average Bonchev–Trinajstić information content (AvgIpc) is 2.15. The van der Waals surface area contributed by atoms with Crippen molar-refractivity contribution >= 4 is 0 Å². The summed E-state index contributed by atoms with van der Waals surface area (Å²) >= 11 is 0. The average molecular weight is 235 g/mol. The highest BCUT2D eigenvalue weighted by molar-refractivity contribution is 5.37. The van der Waals surface area contributed by atoms with Crippen LogP contribution in [0, 0.1) is 10.1 Å². The molecule has 0 saturated carbocycles. The Bertz CT molecular complexity index is 403. The molecule has 0 aliphatic heterocycles. The van der Waals surface area contributed by atoms with Crippen molar-refractivity contribution in [2.24, 2.45) is 0 Å². The quantitative estimate of drug-likeness (QED) is 0.597. The van der Waals surface area contributed by atoms with Gasteiger partial charge in [-0.25, -0.2) is 0 Å². The van der Waals surface area contributed by atoms with Crippen LogP contribution in [0.25, 0.3) is 0 Å². The second-order valence-electron chi connectivity index (χ2n) is 3.01. The molecule has 0 saturated heterocycles. The molecule has 0 fully saturated rings. The first-order chi connectivity index (χ1) is 7.34. The Balaban J connectivity index is 3.22. The largest absolute Gasteiger partial charge is 0.497 e. The number of halogens is 3. The Hall–Kier alpha value is -1.79. The molecule has 0 aliphatic rings. The van der Waals surface area contributed by atoms with Crippen LogP contribution in [0.4, 0.5) is 13.2 Å². The number of methoxy groups -OCH3 is 1. The smallest absolute Gasteiger partial charge is 0.417 e. The lowest BCUT2D eigenvalue weighted by atomic mass is 10.1. The molecule has 0 radical (unpaired) electrons. The first-order valence-electron chi connectivity index (χ1n) is 4.20. The fraction of sp³-hybridized carbons (Fsp3) is 0.333. The molecule has 1 aromatic carbocycles. The molecule has 0 unspecified atom stereocenters. The summed E-state index contributed by atoms with van der Waals surface area (Å²) in [5.74, 6) is 0.0134. The summed E-state index contributed by atoms with van der Waals surface area (Å²) in [5, 5.41) is 10.2. The summed E-state index contributed by atoms with van der Waals surface area (Å²) in [5.41, 5.74) is -1.41. The van der Waals surface area contributed by atoms with Crippen LogP contribution in [0.5, 0.6) is 5.75 Å². The second-order valence-corrected chi connectivity index (χ2v) is 3.01. The van der Waals surface area contributed by atoms with Gasteiger partial charge in [-0.1, -0.05) is 0 Å². The number of benzene rings is 1. The van der Waals surface area contributed by atoms with Crippen molar-refractivity contribution in [2.75, 3.05) is 7.11 Å². The monoisotopic (exact) mass is 235 g/mol. The zero-order valence-electron chi connectivity index (χ0n) is 8.25. The Labute approximate surface area is 88.8 Å². The molecule has 0 heterocycles. The highest BCUT2D eigenvalue weighted by Gasteiger charge is 2.34. The van der Waals surface area contributed by atoms with Gasteiger partial charge in [-0.05, 0) is 18.2 Å². The first kappa shape index (κ1) is 12.3. The SMILES string of the molecule is COc1ccc(C[N+](=O)[O-])c(C(F)(F)F)c1. The molecule has 0 atom stereocenters. The van der Waals surface area contributed by atoms with E-state index in [0.717, 1.165) is 12.1 Å². The summed E-state index contributed by atoms with van der Waals surface area (Å²) in [6.07, 6.45) is -4.63. The fourth-order valence-corrected chi connectivity index (χ4v) is 1.22. The zero-order chi connectivity index (χ0) is 12.3. The zero-order valence-corrected chi connectivity index (χ0v) is 8.25. The lowest BCUT2D eigenvalue weighted by molar-refractivity contribution is -0.497. The number of rotatable bonds is 3. The molecule has 7 heteroatoms. The van der Waals surface area contributed by atoms with Crippen LogP contribution in [0.2, 0.25) is 0 Å². The number of alkyl halides is 3. The molecule has 0 N–H and O–H groups in total. The Morgan fingerprint density at radius 2 is 2.06 bits per heavy atom. The van der Waals surface area contributed by atoms with Gasteiger partial charge in [-0.2, -0.15) is 13.2 Å². The number of nitro groups is 1. The molecule has 0 aliphatic carbocycles. The van der Waals surface area contributed by atoms with Crippen LogP contribution < -0.4 is 4.74 Å². The summed E-state index contributed by atoms with van der Waals surface area (Å²) in [6.45, 7) is -0.862. The second kappa shape index (κ2) is 4.38. The van der Waals surface area contributed by atoms with E-state index in [-0.39, 0.29) is 11.3 Å². The van der Waals surface area contributed by atoms with E-state index >= 15 is 0 Å². The third-order valence-electron chi connectivity index (χ3n) is 1.92. The number of nitrogens with zero attached hydrogens (tertiary/aromatic N) is 1. The van der Waals surface area contributed by atoms with Crippen molar-refractivity contribution in [3.8, 4) is 5.75 Å². The number of ether oxygens (including phenoxy) is 1. The maximum Gasteiger partial charge on any atom is 0.417 e. The fourth-order valence-electron chi connectivity index (χ4n) is 1.22. The van der Waals surface area contributed by atoms with Gasteiger partial charge >= 0.3 is 6.18 Å². The minimum atomic E-state index is -4.63. The molecular formula is C9H8F3NO3. The number of hydrogen-bond acceptors (Lipinski definition) is 3. The van der Waals surface area contributed by atoms with Gasteiger partial charge < -0.3 is 4.74 Å². The van der Waals surface area contributed by atoms with Gasteiger partial charge in [0.15, 0.2) is 0 Å². The van der Waals surface area contributed by atoms with Crippen LogP contribution in [-0.4, -0.2) is 12.0 Å². The van der Waals surface area contributed by atoms with Gasteiger partial charge in [0.1, 0.15) is 5.75 Å². The lowest BCUT2D eigenvalue weighted by Gasteiger charge is -2.11. The van der Waals surface area contributed by atoms with Crippen LogP contribution in [0.1, 0.15) is 11.1 Å². The number of hydrogen-bond donors (Lipinski definition) is 0. The van der Waals surface area contributed by atoms with Crippen molar-refractivity contribution in [3.05, 3.63) is 39.4 Å². The predicted octanol–water partition coefficient (Wildman–Crippen LogP) is 2.49. The molecular weight excluding hydrogens is 227 g/mol. The van der Waals surface area contributed by atoms with Crippen molar-refractivity contribution in [2.45, 2.75) is 12.7 Å². The van der Waals surface area contributed by atoms with E-state index in [1.165, 1.54) is 13.2 Å². The maximum absolute atomic E-state index is 12.5. The molecule has 16 heavy (non-hydrogen) atoms. The topological polar surface area (TPSA) is 52.4 Å². The van der Waals surface area contributed by atoms with E-state index in [0.29, 0.717) is 0 Å². The third kappa shape index (κ3) is 2.85. The van der Waals surface area contributed by atoms with Crippen LogP contribution in [-0.2, 0) is 12.7 Å². The van der Waals surface area contributed by atoms with Crippen LogP contribution in [0.3, 0.4) is 0 Å². The van der Waals surface area contributed by atoms with Gasteiger partial charge in [-0.15, -0.1) is 0 Å². The van der Waals surface area contributed by atoms with Crippen molar-refractivity contribution in [1.82, 2.24) is 0 Å². The van der Waals surface area contributed by atoms with Gasteiger partial charge in [0.2, 0.25) is 6.54 Å². The minimum Gasteiger partial charge on any atom is -0.497 e. The first-order valence-corrected chi connectivity index (χ1v) is 4.20. The molecule has 0 spiro atoms. The third-order valence-corrected chi connectivity index (χ3v) is 1.92. The predicted molar refractivity (Wildman–Crippen MR) is 48.7 cm³/mol. The highest BCUT2D eigenvalue weighted by atomic mass is 19.4.